The van der Waals surface area contributed by atoms with Crippen molar-refractivity contribution in [1.29, 1.82) is 0 Å². The average molecular weight is 280 g/mol. The van der Waals surface area contributed by atoms with Crippen LogP contribution in [0.4, 0.5) is 5.69 Å². The fourth-order valence-corrected chi connectivity index (χ4v) is 1.76. The minimum Gasteiger partial charge on any atom is -0.438 e. The zero-order valence-electron chi connectivity index (χ0n) is 10.3. The van der Waals surface area contributed by atoms with Gasteiger partial charge in [0.15, 0.2) is 0 Å². The van der Waals surface area contributed by atoms with Gasteiger partial charge >= 0.3 is 0 Å². The van der Waals surface area contributed by atoms with E-state index in [4.69, 9.17) is 16.3 Å². The molecule has 2 aromatic rings. The number of aromatic nitrogens is 2. The second-order valence-electron chi connectivity index (χ2n) is 3.93. The first-order valence-corrected chi connectivity index (χ1v) is 5.77. The molecule has 0 radical (unpaired) electrons. The van der Waals surface area contributed by atoms with Crippen LogP contribution in [-0.4, -0.2) is 14.9 Å². The first-order valence-electron chi connectivity index (χ1n) is 5.39. The van der Waals surface area contributed by atoms with Gasteiger partial charge in [-0.15, -0.1) is 0 Å². The van der Waals surface area contributed by atoms with Crippen LogP contribution in [0.3, 0.4) is 0 Å². The second-order valence-corrected chi connectivity index (χ2v) is 4.27. The molecule has 0 amide bonds. The Kier molecular flexibility index (Phi) is 3.62. The highest BCUT2D eigenvalue weighted by atomic mass is 35.5. The fourth-order valence-electron chi connectivity index (χ4n) is 1.62. The molecule has 98 valence electrons. The molecule has 0 spiro atoms. The van der Waals surface area contributed by atoms with Gasteiger partial charge in [-0.1, -0.05) is 0 Å². The van der Waals surface area contributed by atoms with Crippen molar-refractivity contribution in [3.05, 3.63) is 50.9 Å². The van der Waals surface area contributed by atoms with E-state index in [-0.39, 0.29) is 16.9 Å². The monoisotopic (exact) mass is 279 g/mol. The summed E-state index contributed by atoms with van der Waals surface area (Å²) in [5.74, 6) is 0.605. The fraction of sp³-hybridized carbons (Fsp3) is 0.167. The highest BCUT2D eigenvalue weighted by molar-refractivity contribution is 6.28. The zero-order chi connectivity index (χ0) is 14.0. The third kappa shape index (κ3) is 2.97. The third-order valence-electron chi connectivity index (χ3n) is 2.51. The number of hydrogen-bond donors (Lipinski definition) is 0. The smallest absolute Gasteiger partial charge is 0.276 e. The summed E-state index contributed by atoms with van der Waals surface area (Å²) in [6, 6.07) is 4.59. The molecule has 1 aromatic carbocycles. The maximum absolute atomic E-state index is 10.9. The van der Waals surface area contributed by atoms with Gasteiger partial charge < -0.3 is 4.74 Å². The minimum atomic E-state index is -0.450. The van der Waals surface area contributed by atoms with Gasteiger partial charge in [0.25, 0.3) is 5.69 Å². The number of hydrogen-bond acceptors (Lipinski definition) is 5. The Bertz CT molecular complexity index is 646. The lowest BCUT2D eigenvalue weighted by Crippen LogP contribution is -1.96. The molecular formula is C12H10ClN3O3. The summed E-state index contributed by atoms with van der Waals surface area (Å²) in [4.78, 5) is 18.0. The van der Waals surface area contributed by atoms with Crippen LogP contribution in [0, 0.1) is 24.0 Å². The van der Waals surface area contributed by atoms with Crippen LogP contribution in [0.25, 0.3) is 0 Å². The first-order chi connectivity index (χ1) is 8.97. The van der Waals surface area contributed by atoms with Crippen molar-refractivity contribution in [2.75, 3.05) is 0 Å². The topological polar surface area (TPSA) is 78.2 Å². The Morgan fingerprint density at radius 2 is 2.05 bits per heavy atom. The van der Waals surface area contributed by atoms with Gasteiger partial charge in [0.2, 0.25) is 11.2 Å². The third-order valence-corrected chi connectivity index (χ3v) is 2.69. The lowest BCUT2D eigenvalue weighted by molar-refractivity contribution is -0.385. The molecule has 6 nitrogen and oxygen atoms in total. The Morgan fingerprint density at radius 3 is 2.68 bits per heavy atom. The van der Waals surface area contributed by atoms with Crippen molar-refractivity contribution in [2.24, 2.45) is 0 Å². The Labute approximate surface area is 114 Å². The number of nitrogens with zero attached hydrogens (tertiary/aromatic N) is 3. The predicted molar refractivity (Wildman–Crippen MR) is 69.7 cm³/mol. The van der Waals surface area contributed by atoms with Crippen molar-refractivity contribution >= 4 is 17.3 Å². The molecule has 2 rings (SSSR count). The molecule has 19 heavy (non-hydrogen) atoms. The van der Waals surface area contributed by atoms with Gasteiger partial charge in [0.05, 0.1) is 11.0 Å². The van der Waals surface area contributed by atoms with Gasteiger partial charge in [0, 0.05) is 17.8 Å². The summed E-state index contributed by atoms with van der Waals surface area (Å²) in [5.41, 5.74) is 1.36. The molecule has 7 heteroatoms. The van der Waals surface area contributed by atoms with Crippen molar-refractivity contribution < 1.29 is 9.66 Å². The lowest BCUT2D eigenvalue weighted by Gasteiger charge is -2.08. The molecule has 0 saturated carbocycles. The van der Waals surface area contributed by atoms with Crippen LogP contribution in [0.15, 0.2) is 24.4 Å². The maximum Gasteiger partial charge on any atom is 0.276 e. The van der Waals surface area contributed by atoms with E-state index in [1.54, 1.807) is 19.9 Å². The molecule has 0 N–H and O–H groups in total. The molecule has 0 aliphatic rings. The first kappa shape index (κ1) is 13.2. The van der Waals surface area contributed by atoms with E-state index >= 15 is 0 Å². The highest BCUT2D eigenvalue weighted by Gasteiger charge is 2.15. The Morgan fingerprint density at radius 1 is 1.32 bits per heavy atom. The van der Waals surface area contributed by atoms with Crippen LogP contribution in [0.2, 0.25) is 5.28 Å². The van der Waals surface area contributed by atoms with Crippen molar-refractivity contribution in [2.45, 2.75) is 13.8 Å². The van der Waals surface area contributed by atoms with E-state index in [1.807, 2.05) is 0 Å². The summed E-state index contributed by atoms with van der Waals surface area (Å²) in [6.45, 7) is 3.48. The average Bonchev–Trinajstić information content (AvgIpc) is 2.32. The van der Waals surface area contributed by atoms with Crippen molar-refractivity contribution in [3.63, 3.8) is 0 Å². The van der Waals surface area contributed by atoms with E-state index in [0.29, 0.717) is 11.3 Å². The van der Waals surface area contributed by atoms with Gasteiger partial charge in [-0.2, -0.15) is 4.98 Å². The normalized spacial score (nSPS) is 10.3. The summed E-state index contributed by atoms with van der Waals surface area (Å²) in [6.07, 6.45) is 1.45. The highest BCUT2D eigenvalue weighted by Crippen LogP contribution is 2.30. The van der Waals surface area contributed by atoms with Crippen LogP contribution < -0.4 is 4.74 Å². The van der Waals surface area contributed by atoms with Gasteiger partial charge in [0.1, 0.15) is 5.75 Å². The van der Waals surface area contributed by atoms with Crippen LogP contribution in [0.1, 0.15) is 11.1 Å². The number of halogens is 1. The van der Waals surface area contributed by atoms with Gasteiger partial charge in [-0.25, -0.2) is 4.98 Å². The molecule has 0 aliphatic heterocycles. The quantitative estimate of drug-likeness (QED) is 0.488. The standard InChI is InChI=1S/C12H10ClN3O3/c1-7-5-8(2)10(6-9(7)16(17)18)19-11-3-4-14-12(13)15-11/h3-6H,1-2H3. The van der Waals surface area contributed by atoms with Gasteiger partial charge in [-0.05, 0) is 37.1 Å². The lowest BCUT2D eigenvalue weighted by atomic mass is 10.1. The molecule has 0 unspecified atom stereocenters. The number of rotatable bonds is 3. The largest absolute Gasteiger partial charge is 0.438 e. The van der Waals surface area contributed by atoms with Gasteiger partial charge in [-0.3, -0.25) is 10.1 Å². The summed E-state index contributed by atoms with van der Waals surface area (Å²) >= 11 is 5.65. The Hall–Kier alpha value is -2.21. The molecule has 0 bridgehead atoms. The Balaban J connectivity index is 2.40. The van der Waals surface area contributed by atoms with Crippen LogP contribution in [-0.2, 0) is 0 Å². The summed E-state index contributed by atoms with van der Waals surface area (Å²) in [5, 5.41) is 10.9. The molecule has 0 fully saturated rings. The van der Waals surface area contributed by atoms with Crippen LogP contribution in [0.5, 0.6) is 11.6 Å². The van der Waals surface area contributed by atoms with Crippen molar-refractivity contribution in [3.8, 4) is 11.6 Å². The van der Waals surface area contributed by atoms with Crippen molar-refractivity contribution in [1.82, 2.24) is 9.97 Å². The number of aryl methyl sites for hydroxylation is 2. The van der Waals surface area contributed by atoms with E-state index in [1.165, 1.54) is 18.3 Å². The molecule has 0 saturated heterocycles. The summed E-state index contributed by atoms with van der Waals surface area (Å²) in [7, 11) is 0. The molecule has 1 heterocycles. The number of benzene rings is 1. The van der Waals surface area contributed by atoms with E-state index in [9.17, 15) is 10.1 Å². The van der Waals surface area contributed by atoms with E-state index in [0.717, 1.165) is 5.56 Å². The molecule has 0 aliphatic carbocycles. The predicted octanol–water partition coefficient (Wildman–Crippen LogP) is 3.45. The molecule has 0 atom stereocenters. The zero-order valence-corrected chi connectivity index (χ0v) is 11.0. The second kappa shape index (κ2) is 5.19. The number of nitro groups is 1. The number of ether oxygens (including phenoxy) is 1. The van der Waals surface area contributed by atoms with E-state index in [2.05, 4.69) is 9.97 Å². The maximum atomic E-state index is 10.9. The minimum absolute atomic E-state index is 0.000697. The SMILES string of the molecule is Cc1cc(C)c([N+](=O)[O-])cc1Oc1ccnc(Cl)n1. The van der Waals surface area contributed by atoms with Crippen LogP contribution >= 0.6 is 11.6 Å². The van der Waals surface area contributed by atoms with E-state index < -0.39 is 4.92 Å². The molecular weight excluding hydrogens is 270 g/mol. The molecule has 1 aromatic heterocycles. The summed E-state index contributed by atoms with van der Waals surface area (Å²) < 4.78 is 5.50. The number of nitro benzene ring substituents is 1.